The number of nitrogens with one attached hydrogen (secondary N) is 1. The summed E-state index contributed by atoms with van der Waals surface area (Å²) in [6.07, 6.45) is 1.73. The molecule has 8 heteroatoms. The molecule has 0 saturated carbocycles. The standard InChI is InChI=1S/C22H22ClN3O3S/c1-29-17-4-2-3-15(11-17)21(28)24-13-20(27)26-9-7-14(8-10-26)22-25-18-12-16(23)5-6-19(18)30-22/h2-6,11-12,14H,7-10,13H2,1H3,(H,24,28). The summed E-state index contributed by atoms with van der Waals surface area (Å²) in [5.41, 5.74) is 1.40. The van der Waals surface area contributed by atoms with Crippen molar-refractivity contribution >= 4 is 45.0 Å². The number of methoxy groups -OCH3 is 1. The van der Waals surface area contributed by atoms with Crippen LogP contribution in [0.4, 0.5) is 0 Å². The number of amides is 2. The molecular weight excluding hydrogens is 422 g/mol. The second kappa shape index (κ2) is 9.02. The Balaban J connectivity index is 1.30. The Morgan fingerprint density at radius 3 is 2.80 bits per heavy atom. The number of thiazole rings is 1. The lowest BCUT2D eigenvalue weighted by molar-refractivity contribution is -0.131. The maximum absolute atomic E-state index is 12.5. The molecule has 0 aliphatic carbocycles. The monoisotopic (exact) mass is 443 g/mol. The molecule has 2 amide bonds. The molecule has 1 aliphatic heterocycles. The Kier molecular flexibility index (Phi) is 6.20. The van der Waals surface area contributed by atoms with Crippen LogP contribution < -0.4 is 10.1 Å². The Morgan fingerprint density at radius 1 is 1.23 bits per heavy atom. The summed E-state index contributed by atoms with van der Waals surface area (Å²) in [7, 11) is 1.55. The lowest BCUT2D eigenvalue weighted by Gasteiger charge is -2.31. The van der Waals surface area contributed by atoms with Crippen molar-refractivity contribution in [1.82, 2.24) is 15.2 Å². The van der Waals surface area contributed by atoms with Gasteiger partial charge in [-0.15, -0.1) is 11.3 Å². The Labute approximate surface area is 183 Å². The normalized spacial score (nSPS) is 14.7. The van der Waals surface area contributed by atoms with Gasteiger partial charge in [0.1, 0.15) is 5.75 Å². The minimum absolute atomic E-state index is 0.0135. The molecule has 30 heavy (non-hydrogen) atoms. The molecule has 0 atom stereocenters. The maximum atomic E-state index is 12.5. The number of benzene rings is 2. The van der Waals surface area contributed by atoms with Crippen LogP contribution >= 0.6 is 22.9 Å². The number of aromatic nitrogens is 1. The third-order valence-corrected chi connectivity index (χ3v) is 6.73. The number of piperidine rings is 1. The van der Waals surface area contributed by atoms with Gasteiger partial charge in [-0.3, -0.25) is 9.59 Å². The van der Waals surface area contributed by atoms with E-state index in [0.29, 0.717) is 35.3 Å². The topological polar surface area (TPSA) is 71.5 Å². The molecule has 1 aromatic heterocycles. The first-order valence-corrected chi connectivity index (χ1v) is 11.0. The molecule has 0 unspecified atom stereocenters. The Hall–Kier alpha value is -2.64. The fourth-order valence-corrected chi connectivity index (χ4v) is 4.89. The molecule has 1 saturated heterocycles. The van der Waals surface area contributed by atoms with E-state index >= 15 is 0 Å². The van der Waals surface area contributed by atoms with Gasteiger partial charge in [-0.05, 0) is 49.2 Å². The number of nitrogens with zero attached hydrogens (tertiary/aromatic N) is 2. The van der Waals surface area contributed by atoms with Crippen molar-refractivity contribution in [2.75, 3.05) is 26.7 Å². The van der Waals surface area contributed by atoms with Gasteiger partial charge in [-0.2, -0.15) is 0 Å². The second-order valence-corrected chi connectivity index (χ2v) is 8.73. The SMILES string of the molecule is COc1cccc(C(=O)NCC(=O)N2CCC(c3nc4cc(Cl)ccc4s3)CC2)c1. The minimum Gasteiger partial charge on any atom is -0.497 e. The molecule has 0 radical (unpaired) electrons. The van der Waals surface area contributed by atoms with Gasteiger partial charge < -0.3 is 15.0 Å². The predicted molar refractivity (Wildman–Crippen MR) is 119 cm³/mol. The van der Waals surface area contributed by atoms with E-state index in [0.717, 1.165) is 28.1 Å². The molecule has 1 fully saturated rings. The van der Waals surface area contributed by atoms with Crippen molar-refractivity contribution in [3.63, 3.8) is 0 Å². The van der Waals surface area contributed by atoms with Crippen LogP contribution in [0.25, 0.3) is 10.2 Å². The molecule has 6 nitrogen and oxygen atoms in total. The van der Waals surface area contributed by atoms with E-state index in [1.807, 2.05) is 23.1 Å². The summed E-state index contributed by atoms with van der Waals surface area (Å²) < 4.78 is 6.26. The van der Waals surface area contributed by atoms with Crippen LogP contribution in [0, 0.1) is 0 Å². The first-order valence-electron chi connectivity index (χ1n) is 9.79. The molecule has 3 aromatic rings. The van der Waals surface area contributed by atoms with E-state index in [9.17, 15) is 9.59 Å². The maximum Gasteiger partial charge on any atom is 0.251 e. The van der Waals surface area contributed by atoms with Gasteiger partial charge in [0.25, 0.3) is 5.91 Å². The van der Waals surface area contributed by atoms with Crippen LogP contribution in [-0.4, -0.2) is 48.4 Å². The third-order valence-electron chi connectivity index (χ3n) is 5.30. The van der Waals surface area contributed by atoms with E-state index in [1.165, 1.54) is 0 Å². The van der Waals surface area contributed by atoms with Crippen molar-refractivity contribution in [2.24, 2.45) is 0 Å². The number of rotatable bonds is 5. The highest BCUT2D eigenvalue weighted by Crippen LogP contribution is 2.34. The highest BCUT2D eigenvalue weighted by molar-refractivity contribution is 7.18. The first-order chi connectivity index (χ1) is 14.5. The average Bonchev–Trinajstić information content (AvgIpc) is 3.20. The molecule has 0 bridgehead atoms. The van der Waals surface area contributed by atoms with Crippen molar-refractivity contribution in [2.45, 2.75) is 18.8 Å². The highest BCUT2D eigenvalue weighted by atomic mass is 35.5. The Bertz CT molecular complexity index is 1080. The molecular formula is C22H22ClN3O3S. The van der Waals surface area contributed by atoms with Gasteiger partial charge in [0.2, 0.25) is 5.91 Å². The van der Waals surface area contributed by atoms with Gasteiger partial charge in [-0.25, -0.2) is 4.98 Å². The quantitative estimate of drug-likeness (QED) is 0.644. The van der Waals surface area contributed by atoms with E-state index in [-0.39, 0.29) is 18.4 Å². The van der Waals surface area contributed by atoms with E-state index in [4.69, 9.17) is 21.3 Å². The van der Waals surface area contributed by atoms with Gasteiger partial charge in [-0.1, -0.05) is 17.7 Å². The molecule has 2 aromatic carbocycles. The molecule has 1 aliphatic rings. The van der Waals surface area contributed by atoms with Crippen LogP contribution in [0.15, 0.2) is 42.5 Å². The van der Waals surface area contributed by atoms with Crippen LogP contribution in [-0.2, 0) is 4.79 Å². The zero-order valence-electron chi connectivity index (χ0n) is 16.6. The average molecular weight is 444 g/mol. The highest BCUT2D eigenvalue weighted by Gasteiger charge is 2.26. The smallest absolute Gasteiger partial charge is 0.251 e. The van der Waals surface area contributed by atoms with Crippen molar-refractivity contribution in [3.8, 4) is 5.75 Å². The lowest BCUT2D eigenvalue weighted by atomic mass is 9.97. The predicted octanol–water partition coefficient (Wildman–Crippen LogP) is 4.09. The lowest BCUT2D eigenvalue weighted by Crippen LogP contribution is -2.43. The van der Waals surface area contributed by atoms with E-state index in [2.05, 4.69) is 5.32 Å². The number of hydrogen-bond donors (Lipinski definition) is 1. The zero-order chi connectivity index (χ0) is 21.1. The number of ether oxygens (including phenoxy) is 1. The largest absolute Gasteiger partial charge is 0.497 e. The van der Waals surface area contributed by atoms with Gasteiger partial charge in [0.05, 0.1) is 28.9 Å². The van der Waals surface area contributed by atoms with Crippen molar-refractivity contribution in [1.29, 1.82) is 0 Å². The van der Waals surface area contributed by atoms with Crippen LogP contribution in [0.5, 0.6) is 5.75 Å². The number of hydrogen-bond acceptors (Lipinski definition) is 5. The molecule has 1 N–H and O–H groups in total. The number of carbonyl (C=O) groups is 2. The van der Waals surface area contributed by atoms with E-state index < -0.39 is 0 Å². The van der Waals surface area contributed by atoms with Gasteiger partial charge in [0.15, 0.2) is 0 Å². The summed E-state index contributed by atoms with van der Waals surface area (Å²) in [5, 5.41) is 4.50. The zero-order valence-corrected chi connectivity index (χ0v) is 18.1. The minimum atomic E-state index is -0.287. The van der Waals surface area contributed by atoms with Gasteiger partial charge in [0, 0.05) is 29.6 Å². The summed E-state index contributed by atoms with van der Waals surface area (Å²) in [6, 6.07) is 12.6. The van der Waals surface area contributed by atoms with Crippen LogP contribution in [0.3, 0.4) is 0 Å². The second-order valence-electron chi connectivity index (χ2n) is 7.23. The van der Waals surface area contributed by atoms with Crippen LogP contribution in [0.2, 0.25) is 5.02 Å². The number of likely N-dealkylation sites (tertiary alicyclic amines) is 1. The Morgan fingerprint density at radius 2 is 2.03 bits per heavy atom. The first kappa shape index (κ1) is 20.6. The molecule has 0 spiro atoms. The molecule has 156 valence electrons. The third kappa shape index (κ3) is 4.57. The number of carbonyl (C=O) groups excluding carboxylic acids is 2. The van der Waals surface area contributed by atoms with Gasteiger partial charge >= 0.3 is 0 Å². The number of halogens is 1. The van der Waals surface area contributed by atoms with Crippen molar-refractivity contribution < 1.29 is 14.3 Å². The van der Waals surface area contributed by atoms with Crippen molar-refractivity contribution in [3.05, 3.63) is 58.1 Å². The number of fused-ring (bicyclic) bond motifs is 1. The molecule has 4 rings (SSSR count). The summed E-state index contributed by atoms with van der Waals surface area (Å²) in [5.74, 6) is 0.593. The summed E-state index contributed by atoms with van der Waals surface area (Å²) >= 11 is 7.75. The van der Waals surface area contributed by atoms with E-state index in [1.54, 1.807) is 42.7 Å². The summed E-state index contributed by atoms with van der Waals surface area (Å²) in [6.45, 7) is 1.31. The fraction of sp³-hybridized carbons (Fsp3) is 0.318. The van der Waals surface area contributed by atoms with Crippen LogP contribution in [0.1, 0.15) is 34.1 Å². The molecule has 2 heterocycles. The summed E-state index contributed by atoms with van der Waals surface area (Å²) in [4.78, 5) is 31.4. The fourth-order valence-electron chi connectivity index (χ4n) is 3.60.